The second kappa shape index (κ2) is 5.50. The highest BCUT2D eigenvalue weighted by molar-refractivity contribution is 4.84. The Labute approximate surface area is 100 Å². The number of nitrogens with one attached hydrogen (secondary N) is 1. The van der Waals surface area contributed by atoms with E-state index in [0.29, 0.717) is 11.5 Å². The lowest BCUT2D eigenvalue weighted by Gasteiger charge is -2.39. The second-order valence-electron chi connectivity index (χ2n) is 6.22. The van der Waals surface area contributed by atoms with Crippen molar-refractivity contribution in [3.8, 4) is 0 Å². The summed E-state index contributed by atoms with van der Waals surface area (Å²) in [6, 6.07) is 0. The normalized spacial score (nSPS) is 34.1. The van der Waals surface area contributed by atoms with Crippen molar-refractivity contribution >= 4 is 0 Å². The first-order chi connectivity index (χ1) is 7.68. The minimum Gasteiger partial charge on any atom is -0.377 e. The van der Waals surface area contributed by atoms with Crippen LogP contribution in [0.25, 0.3) is 0 Å². The van der Waals surface area contributed by atoms with Gasteiger partial charge < -0.3 is 10.1 Å². The molecule has 2 nitrogen and oxygen atoms in total. The Balaban J connectivity index is 1.67. The minimum atomic E-state index is 0.492. The van der Waals surface area contributed by atoms with Crippen molar-refractivity contribution in [1.29, 1.82) is 0 Å². The van der Waals surface area contributed by atoms with Crippen molar-refractivity contribution in [3.05, 3.63) is 0 Å². The van der Waals surface area contributed by atoms with Crippen LogP contribution in [0.15, 0.2) is 0 Å². The molecule has 2 rings (SSSR count). The number of hydrogen-bond acceptors (Lipinski definition) is 2. The SMILES string of the molecule is CC1(C)CCCCC1CNCC1CCCO1. The summed E-state index contributed by atoms with van der Waals surface area (Å²) < 4.78 is 5.63. The molecule has 0 aromatic carbocycles. The van der Waals surface area contributed by atoms with E-state index < -0.39 is 0 Å². The fraction of sp³-hybridized carbons (Fsp3) is 1.00. The summed E-state index contributed by atoms with van der Waals surface area (Å²) in [5, 5.41) is 3.63. The lowest BCUT2D eigenvalue weighted by atomic mass is 9.69. The molecule has 1 saturated carbocycles. The van der Waals surface area contributed by atoms with Gasteiger partial charge in [-0.05, 0) is 43.6 Å². The van der Waals surface area contributed by atoms with E-state index in [1.165, 1.54) is 45.1 Å². The van der Waals surface area contributed by atoms with E-state index in [4.69, 9.17) is 4.74 Å². The molecule has 2 atom stereocenters. The van der Waals surface area contributed by atoms with Crippen LogP contribution < -0.4 is 5.32 Å². The monoisotopic (exact) mass is 225 g/mol. The lowest BCUT2D eigenvalue weighted by Crippen LogP contribution is -2.38. The summed E-state index contributed by atoms with van der Waals surface area (Å²) in [5.74, 6) is 0.864. The van der Waals surface area contributed by atoms with E-state index in [9.17, 15) is 0 Å². The molecule has 2 fully saturated rings. The van der Waals surface area contributed by atoms with Crippen LogP contribution in [0, 0.1) is 11.3 Å². The lowest BCUT2D eigenvalue weighted by molar-refractivity contribution is 0.0983. The molecule has 0 aromatic rings. The number of ether oxygens (including phenoxy) is 1. The summed E-state index contributed by atoms with van der Waals surface area (Å²) in [5.41, 5.74) is 0.543. The average Bonchev–Trinajstić information content (AvgIpc) is 2.73. The molecular formula is C14H27NO. The zero-order chi connectivity index (χ0) is 11.4. The molecule has 2 heteroatoms. The largest absolute Gasteiger partial charge is 0.377 e. The maximum Gasteiger partial charge on any atom is 0.0700 e. The average molecular weight is 225 g/mol. The molecule has 0 bridgehead atoms. The molecule has 0 aromatic heterocycles. The number of hydrogen-bond donors (Lipinski definition) is 1. The van der Waals surface area contributed by atoms with Gasteiger partial charge in [-0.3, -0.25) is 0 Å². The van der Waals surface area contributed by atoms with Crippen LogP contribution in [0.1, 0.15) is 52.4 Å². The minimum absolute atomic E-state index is 0.492. The first-order valence-corrected chi connectivity index (χ1v) is 7.01. The molecule has 2 unspecified atom stereocenters. The molecule has 0 amide bonds. The third-order valence-electron chi connectivity index (χ3n) is 4.52. The Kier molecular flexibility index (Phi) is 4.26. The molecule has 94 valence electrons. The third-order valence-corrected chi connectivity index (χ3v) is 4.52. The van der Waals surface area contributed by atoms with E-state index in [0.717, 1.165) is 19.1 Å². The van der Waals surface area contributed by atoms with Crippen LogP contribution in [0.3, 0.4) is 0 Å². The molecule has 0 spiro atoms. The van der Waals surface area contributed by atoms with Gasteiger partial charge >= 0.3 is 0 Å². The molecule has 1 N–H and O–H groups in total. The van der Waals surface area contributed by atoms with Gasteiger partial charge in [-0.1, -0.05) is 26.7 Å². The van der Waals surface area contributed by atoms with Crippen molar-refractivity contribution in [2.24, 2.45) is 11.3 Å². The van der Waals surface area contributed by atoms with Gasteiger partial charge in [0.1, 0.15) is 0 Å². The van der Waals surface area contributed by atoms with Gasteiger partial charge in [0.15, 0.2) is 0 Å². The predicted molar refractivity (Wildman–Crippen MR) is 67.6 cm³/mol. The fourth-order valence-corrected chi connectivity index (χ4v) is 3.17. The van der Waals surface area contributed by atoms with E-state index in [1.807, 2.05) is 0 Å². The fourth-order valence-electron chi connectivity index (χ4n) is 3.17. The van der Waals surface area contributed by atoms with Crippen molar-refractivity contribution in [2.75, 3.05) is 19.7 Å². The maximum absolute atomic E-state index is 5.63. The standard InChI is InChI=1S/C14H27NO/c1-14(2)8-4-3-6-12(14)10-15-11-13-7-5-9-16-13/h12-13,15H,3-11H2,1-2H3. The Morgan fingerprint density at radius 1 is 1.12 bits per heavy atom. The molecule has 16 heavy (non-hydrogen) atoms. The highest BCUT2D eigenvalue weighted by Gasteiger charge is 2.31. The van der Waals surface area contributed by atoms with Gasteiger partial charge in [0.05, 0.1) is 6.10 Å². The molecule has 1 aliphatic carbocycles. The Morgan fingerprint density at radius 2 is 2.00 bits per heavy atom. The predicted octanol–water partition coefficient (Wildman–Crippen LogP) is 2.97. The quantitative estimate of drug-likeness (QED) is 0.794. The molecule has 0 radical (unpaired) electrons. The highest BCUT2D eigenvalue weighted by atomic mass is 16.5. The topological polar surface area (TPSA) is 21.3 Å². The zero-order valence-electron chi connectivity index (χ0n) is 10.9. The van der Waals surface area contributed by atoms with Crippen LogP contribution >= 0.6 is 0 Å². The molecular weight excluding hydrogens is 198 g/mol. The van der Waals surface area contributed by atoms with Crippen molar-refractivity contribution in [1.82, 2.24) is 5.32 Å². The Bertz CT molecular complexity index is 209. The smallest absolute Gasteiger partial charge is 0.0700 e. The van der Waals surface area contributed by atoms with Gasteiger partial charge in [0.25, 0.3) is 0 Å². The van der Waals surface area contributed by atoms with E-state index in [1.54, 1.807) is 0 Å². The van der Waals surface area contributed by atoms with Gasteiger partial charge in [0, 0.05) is 13.2 Å². The summed E-state index contributed by atoms with van der Waals surface area (Å²) >= 11 is 0. The van der Waals surface area contributed by atoms with Crippen molar-refractivity contribution < 1.29 is 4.74 Å². The van der Waals surface area contributed by atoms with Crippen molar-refractivity contribution in [2.45, 2.75) is 58.5 Å². The van der Waals surface area contributed by atoms with E-state index in [2.05, 4.69) is 19.2 Å². The summed E-state index contributed by atoms with van der Waals surface area (Å²) in [6.45, 7) is 8.09. The summed E-state index contributed by atoms with van der Waals surface area (Å²) in [4.78, 5) is 0. The zero-order valence-corrected chi connectivity index (χ0v) is 10.9. The first-order valence-electron chi connectivity index (χ1n) is 7.01. The van der Waals surface area contributed by atoms with Crippen LogP contribution in [-0.4, -0.2) is 25.8 Å². The highest BCUT2D eigenvalue weighted by Crippen LogP contribution is 2.39. The Hall–Kier alpha value is -0.0800. The van der Waals surface area contributed by atoms with Gasteiger partial charge in [-0.25, -0.2) is 0 Å². The second-order valence-corrected chi connectivity index (χ2v) is 6.22. The van der Waals surface area contributed by atoms with Gasteiger partial charge in [0.2, 0.25) is 0 Å². The summed E-state index contributed by atoms with van der Waals surface area (Å²) in [7, 11) is 0. The van der Waals surface area contributed by atoms with Crippen LogP contribution in [0.4, 0.5) is 0 Å². The van der Waals surface area contributed by atoms with Gasteiger partial charge in [-0.2, -0.15) is 0 Å². The molecule has 1 heterocycles. The Morgan fingerprint density at radius 3 is 2.69 bits per heavy atom. The van der Waals surface area contributed by atoms with Crippen LogP contribution in [0.5, 0.6) is 0 Å². The van der Waals surface area contributed by atoms with Gasteiger partial charge in [-0.15, -0.1) is 0 Å². The molecule has 1 saturated heterocycles. The molecule has 1 aliphatic heterocycles. The van der Waals surface area contributed by atoms with Crippen LogP contribution in [0.2, 0.25) is 0 Å². The van der Waals surface area contributed by atoms with Crippen molar-refractivity contribution in [3.63, 3.8) is 0 Å². The van der Waals surface area contributed by atoms with Crippen LogP contribution in [-0.2, 0) is 4.74 Å². The number of rotatable bonds is 4. The summed E-state index contributed by atoms with van der Waals surface area (Å²) in [6.07, 6.45) is 8.66. The van der Waals surface area contributed by atoms with E-state index >= 15 is 0 Å². The first kappa shape index (κ1) is 12.4. The maximum atomic E-state index is 5.63. The van der Waals surface area contributed by atoms with E-state index in [-0.39, 0.29) is 0 Å². The third kappa shape index (κ3) is 3.21. The molecule has 2 aliphatic rings.